The van der Waals surface area contributed by atoms with Gasteiger partial charge in [-0.15, -0.1) is 0 Å². The molecule has 0 amide bonds. The van der Waals surface area contributed by atoms with Crippen molar-refractivity contribution >= 4 is 9.84 Å². The SMILES string of the molecule is CS(=O)(=O)c1ccc(-c2cnn(CCCC(F)(F)F)c(=O)c2-c2ccc(F)cc2)cc1. The van der Waals surface area contributed by atoms with E-state index in [0.29, 0.717) is 16.7 Å². The van der Waals surface area contributed by atoms with Crippen LogP contribution in [-0.2, 0) is 16.4 Å². The first kappa shape index (κ1) is 22.7. The zero-order chi connectivity index (χ0) is 22.8. The van der Waals surface area contributed by atoms with Crippen molar-refractivity contribution < 1.29 is 26.0 Å². The molecule has 0 bridgehead atoms. The molecular weight excluding hydrogens is 436 g/mol. The highest BCUT2D eigenvalue weighted by molar-refractivity contribution is 7.90. The molecule has 3 rings (SSSR count). The lowest BCUT2D eigenvalue weighted by molar-refractivity contribution is -0.136. The van der Waals surface area contributed by atoms with Gasteiger partial charge in [-0.05, 0) is 41.8 Å². The zero-order valence-electron chi connectivity index (χ0n) is 16.4. The van der Waals surface area contributed by atoms with E-state index in [-0.39, 0.29) is 23.4 Å². The van der Waals surface area contributed by atoms with Crippen LogP contribution in [0.4, 0.5) is 17.6 Å². The van der Waals surface area contributed by atoms with Gasteiger partial charge in [-0.3, -0.25) is 4.79 Å². The van der Waals surface area contributed by atoms with Gasteiger partial charge < -0.3 is 0 Å². The van der Waals surface area contributed by atoms with Crippen molar-refractivity contribution in [2.75, 3.05) is 6.26 Å². The van der Waals surface area contributed by atoms with Gasteiger partial charge in [0.2, 0.25) is 0 Å². The van der Waals surface area contributed by atoms with Crippen molar-refractivity contribution in [3.8, 4) is 22.3 Å². The minimum Gasteiger partial charge on any atom is -0.267 e. The van der Waals surface area contributed by atoms with E-state index in [1.54, 1.807) is 0 Å². The maximum atomic E-state index is 13.4. The Balaban J connectivity index is 2.09. The average molecular weight is 454 g/mol. The van der Waals surface area contributed by atoms with E-state index in [1.807, 2.05) is 0 Å². The molecule has 0 saturated heterocycles. The molecule has 10 heteroatoms. The largest absolute Gasteiger partial charge is 0.389 e. The Morgan fingerprint density at radius 2 is 1.55 bits per heavy atom. The third-order valence-electron chi connectivity index (χ3n) is 4.60. The van der Waals surface area contributed by atoms with Crippen LogP contribution >= 0.6 is 0 Å². The fourth-order valence-electron chi connectivity index (χ4n) is 3.07. The fourth-order valence-corrected chi connectivity index (χ4v) is 3.70. The van der Waals surface area contributed by atoms with Crippen LogP contribution in [0.15, 0.2) is 64.4 Å². The molecule has 0 fully saturated rings. The molecule has 31 heavy (non-hydrogen) atoms. The van der Waals surface area contributed by atoms with E-state index in [0.717, 1.165) is 10.9 Å². The first-order valence-electron chi connectivity index (χ1n) is 9.19. The normalized spacial score (nSPS) is 12.2. The fraction of sp³-hybridized carbons (Fsp3) is 0.238. The van der Waals surface area contributed by atoms with E-state index in [4.69, 9.17) is 0 Å². The highest BCUT2D eigenvalue weighted by Gasteiger charge is 2.26. The number of alkyl halides is 3. The summed E-state index contributed by atoms with van der Waals surface area (Å²) in [6.07, 6.45) is -3.31. The van der Waals surface area contributed by atoms with Gasteiger partial charge in [0.1, 0.15) is 5.82 Å². The Morgan fingerprint density at radius 1 is 0.968 bits per heavy atom. The topological polar surface area (TPSA) is 69.0 Å². The molecule has 0 atom stereocenters. The molecule has 0 aliphatic carbocycles. The minimum absolute atomic E-state index is 0.0908. The number of halogens is 4. The minimum atomic E-state index is -4.34. The van der Waals surface area contributed by atoms with E-state index in [2.05, 4.69) is 5.10 Å². The van der Waals surface area contributed by atoms with Crippen molar-refractivity contribution in [3.63, 3.8) is 0 Å². The number of hydrogen-bond donors (Lipinski definition) is 0. The Morgan fingerprint density at radius 3 is 2.10 bits per heavy atom. The molecule has 1 aromatic heterocycles. The molecule has 0 N–H and O–H groups in total. The molecule has 164 valence electrons. The molecule has 5 nitrogen and oxygen atoms in total. The molecule has 0 aliphatic heterocycles. The van der Waals surface area contributed by atoms with Gasteiger partial charge in [-0.25, -0.2) is 17.5 Å². The van der Waals surface area contributed by atoms with Crippen molar-refractivity contribution in [1.29, 1.82) is 0 Å². The van der Waals surface area contributed by atoms with E-state index in [9.17, 15) is 30.8 Å². The smallest absolute Gasteiger partial charge is 0.267 e. The highest BCUT2D eigenvalue weighted by atomic mass is 32.2. The molecule has 2 aromatic carbocycles. The van der Waals surface area contributed by atoms with Gasteiger partial charge in [0.15, 0.2) is 9.84 Å². The first-order valence-corrected chi connectivity index (χ1v) is 11.1. The summed E-state index contributed by atoms with van der Waals surface area (Å²) >= 11 is 0. The molecule has 0 saturated carbocycles. The lowest BCUT2D eigenvalue weighted by atomic mass is 9.97. The van der Waals surface area contributed by atoms with Crippen LogP contribution in [0.2, 0.25) is 0 Å². The van der Waals surface area contributed by atoms with Crippen molar-refractivity contribution in [2.45, 2.75) is 30.5 Å². The third-order valence-corrected chi connectivity index (χ3v) is 5.73. The Bertz CT molecular complexity index is 1230. The van der Waals surface area contributed by atoms with Gasteiger partial charge in [0, 0.05) is 24.8 Å². The summed E-state index contributed by atoms with van der Waals surface area (Å²) in [6.45, 7) is -0.236. The van der Waals surface area contributed by atoms with Crippen LogP contribution in [-0.4, -0.2) is 30.6 Å². The third kappa shape index (κ3) is 5.57. The van der Waals surface area contributed by atoms with Gasteiger partial charge in [0.05, 0.1) is 16.7 Å². The number of benzene rings is 2. The maximum Gasteiger partial charge on any atom is 0.389 e. The number of nitrogens with zero attached hydrogens (tertiary/aromatic N) is 2. The summed E-state index contributed by atoms with van der Waals surface area (Å²) in [5.41, 5.74) is 0.704. The van der Waals surface area contributed by atoms with Crippen LogP contribution in [0.25, 0.3) is 22.3 Å². The number of aryl methyl sites for hydroxylation is 1. The summed E-state index contributed by atoms with van der Waals surface area (Å²) in [6, 6.07) is 10.9. The van der Waals surface area contributed by atoms with E-state index in [1.165, 1.54) is 54.7 Å². The van der Waals surface area contributed by atoms with Gasteiger partial charge in [0.25, 0.3) is 5.56 Å². The maximum absolute atomic E-state index is 13.4. The van der Waals surface area contributed by atoms with Crippen molar-refractivity contribution in [1.82, 2.24) is 9.78 Å². The number of hydrogen-bond acceptors (Lipinski definition) is 4. The summed E-state index contributed by atoms with van der Waals surface area (Å²) in [7, 11) is -3.42. The standard InChI is InChI=1S/C21H18F4N2O3S/c1-31(29,30)17-9-5-14(6-10-17)18-13-26-27(12-2-11-21(23,24)25)20(28)19(18)15-3-7-16(22)8-4-15/h3-10,13H,2,11-12H2,1H3. The predicted octanol–water partition coefficient (Wildman–Crippen LogP) is 4.46. The van der Waals surface area contributed by atoms with Crippen LogP contribution in [0.5, 0.6) is 0 Å². The molecule has 0 spiro atoms. The molecule has 1 heterocycles. The summed E-state index contributed by atoms with van der Waals surface area (Å²) < 4.78 is 75.1. The molecule has 0 radical (unpaired) electrons. The highest BCUT2D eigenvalue weighted by Crippen LogP contribution is 2.30. The summed E-state index contributed by atoms with van der Waals surface area (Å²) in [5, 5.41) is 3.99. The monoisotopic (exact) mass is 454 g/mol. The molecular formula is C21H18F4N2O3S. The number of sulfone groups is 1. The zero-order valence-corrected chi connectivity index (χ0v) is 17.2. The molecule has 0 unspecified atom stereocenters. The predicted molar refractivity (Wildman–Crippen MR) is 108 cm³/mol. The second kappa shape index (κ2) is 8.62. The lowest BCUT2D eigenvalue weighted by Gasteiger charge is -2.13. The number of rotatable bonds is 6. The average Bonchev–Trinajstić information content (AvgIpc) is 2.68. The molecule has 3 aromatic rings. The van der Waals surface area contributed by atoms with Crippen molar-refractivity contribution in [3.05, 3.63) is 70.9 Å². The van der Waals surface area contributed by atoms with Crippen LogP contribution in [0.1, 0.15) is 12.8 Å². The lowest BCUT2D eigenvalue weighted by Crippen LogP contribution is -2.25. The van der Waals surface area contributed by atoms with Crippen LogP contribution in [0.3, 0.4) is 0 Å². The second-order valence-corrected chi connectivity index (χ2v) is 9.00. The van der Waals surface area contributed by atoms with Crippen LogP contribution < -0.4 is 5.56 Å². The van der Waals surface area contributed by atoms with Gasteiger partial charge >= 0.3 is 6.18 Å². The first-order chi connectivity index (χ1) is 14.5. The van der Waals surface area contributed by atoms with E-state index < -0.39 is 33.8 Å². The Kier molecular flexibility index (Phi) is 6.30. The van der Waals surface area contributed by atoms with Crippen LogP contribution in [0, 0.1) is 5.82 Å². The quantitative estimate of drug-likeness (QED) is 0.516. The van der Waals surface area contributed by atoms with E-state index >= 15 is 0 Å². The Hall–Kier alpha value is -3.01. The Labute approximate surface area is 175 Å². The van der Waals surface area contributed by atoms with Gasteiger partial charge in [-0.1, -0.05) is 24.3 Å². The van der Waals surface area contributed by atoms with Crippen molar-refractivity contribution in [2.24, 2.45) is 0 Å². The number of aromatic nitrogens is 2. The second-order valence-electron chi connectivity index (χ2n) is 6.98. The summed E-state index contributed by atoms with van der Waals surface area (Å²) in [4.78, 5) is 13.2. The summed E-state index contributed by atoms with van der Waals surface area (Å²) in [5.74, 6) is -0.512. The van der Waals surface area contributed by atoms with Gasteiger partial charge in [-0.2, -0.15) is 18.3 Å². The molecule has 0 aliphatic rings.